The Balaban J connectivity index is 1.30. The van der Waals surface area contributed by atoms with Gasteiger partial charge in [-0.2, -0.15) is 4.39 Å². The molecule has 1 aliphatic heterocycles. The van der Waals surface area contributed by atoms with Crippen molar-refractivity contribution in [1.82, 2.24) is 15.4 Å². The number of carboxylic acids is 1. The van der Waals surface area contributed by atoms with Crippen LogP contribution in [0.3, 0.4) is 0 Å². The van der Waals surface area contributed by atoms with Crippen molar-refractivity contribution in [1.29, 1.82) is 0 Å². The zero-order valence-electron chi connectivity index (χ0n) is 14.1. The lowest BCUT2D eigenvalue weighted by Gasteiger charge is -2.36. The van der Waals surface area contributed by atoms with Crippen LogP contribution in [-0.2, 0) is 4.79 Å². The normalized spacial score (nSPS) is 15.0. The van der Waals surface area contributed by atoms with E-state index in [1.54, 1.807) is 6.07 Å². The summed E-state index contributed by atoms with van der Waals surface area (Å²) in [7, 11) is 0. The number of carboxylic acid groups (broad SMARTS) is 1. The van der Waals surface area contributed by atoms with Crippen LogP contribution >= 0.6 is 11.3 Å². The van der Waals surface area contributed by atoms with Gasteiger partial charge >= 0.3 is 5.97 Å². The number of unbranched alkanes of at least 4 members (excludes halogenated alkanes) is 2. The quantitative estimate of drug-likeness (QED) is 0.648. The second-order valence-corrected chi connectivity index (χ2v) is 7.33. The molecule has 26 heavy (non-hydrogen) atoms. The molecule has 3 heterocycles. The Bertz CT molecular complexity index is 770. The number of hydrogen-bond acceptors (Lipinski definition) is 6. The highest BCUT2D eigenvalue weighted by Crippen LogP contribution is 2.27. The smallest absolute Gasteiger partial charge is 0.309 e. The summed E-state index contributed by atoms with van der Waals surface area (Å²) in [5, 5.41) is 15.0. The van der Waals surface area contributed by atoms with E-state index in [0.717, 1.165) is 37.1 Å². The van der Waals surface area contributed by atoms with Crippen LogP contribution in [-0.4, -0.2) is 53.2 Å². The number of aromatic nitrogens is 1. The van der Waals surface area contributed by atoms with Crippen molar-refractivity contribution in [2.45, 2.75) is 19.3 Å². The van der Waals surface area contributed by atoms with Crippen LogP contribution < -0.4 is 5.32 Å². The van der Waals surface area contributed by atoms with E-state index in [9.17, 15) is 14.0 Å². The molecule has 140 valence electrons. The van der Waals surface area contributed by atoms with Gasteiger partial charge in [-0.15, -0.1) is 11.3 Å². The lowest BCUT2D eigenvalue weighted by atomic mass is 10.00. The monoisotopic (exact) mass is 381 g/mol. The van der Waals surface area contributed by atoms with Crippen molar-refractivity contribution >= 4 is 23.2 Å². The Kier molecular flexibility index (Phi) is 6.00. The van der Waals surface area contributed by atoms with E-state index in [-0.39, 0.29) is 22.6 Å². The standard InChI is InChI=1S/C17H20FN3O4S/c18-15-5-4-14(26-15)13-8-12(20-25-13)16(22)19-6-2-1-3-7-21-9-11(10-21)17(23)24/h4-5,8,11H,1-3,6-7,9-10H2,(H,19,22)(H,23,24). The predicted molar refractivity (Wildman–Crippen MR) is 93.5 cm³/mol. The first-order valence-corrected chi connectivity index (χ1v) is 9.30. The third kappa shape index (κ3) is 4.67. The number of aliphatic carboxylic acids is 1. The SMILES string of the molecule is O=C(NCCCCCN1CC(C(=O)O)C1)c1cc(-c2ccc(F)s2)on1. The van der Waals surface area contributed by atoms with Crippen LogP contribution in [0.4, 0.5) is 4.39 Å². The Hall–Kier alpha value is -2.26. The number of nitrogens with zero attached hydrogens (tertiary/aromatic N) is 2. The molecule has 1 aliphatic rings. The molecule has 0 saturated carbocycles. The number of hydrogen-bond donors (Lipinski definition) is 2. The second kappa shape index (κ2) is 8.41. The topological polar surface area (TPSA) is 95.7 Å². The minimum absolute atomic E-state index is 0.175. The molecule has 0 radical (unpaired) electrons. The minimum Gasteiger partial charge on any atom is -0.481 e. The summed E-state index contributed by atoms with van der Waals surface area (Å²) in [4.78, 5) is 25.4. The van der Waals surface area contributed by atoms with E-state index in [4.69, 9.17) is 9.63 Å². The van der Waals surface area contributed by atoms with E-state index in [1.807, 2.05) is 0 Å². The molecule has 0 unspecified atom stereocenters. The van der Waals surface area contributed by atoms with Crippen LogP contribution in [0.5, 0.6) is 0 Å². The minimum atomic E-state index is -0.718. The molecular weight excluding hydrogens is 361 g/mol. The summed E-state index contributed by atoms with van der Waals surface area (Å²) < 4.78 is 18.1. The Labute approximate surface area is 153 Å². The van der Waals surface area contributed by atoms with Gasteiger partial charge in [0.15, 0.2) is 16.6 Å². The predicted octanol–water partition coefficient (Wildman–Crippen LogP) is 2.46. The van der Waals surface area contributed by atoms with Crippen molar-refractivity contribution in [2.24, 2.45) is 5.92 Å². The van der Waals surface area contributed by atoms with Crippen molar-refractivity contribution in [3.63, 3.8) is 0 Å². The Morgan fingerprint density at radius 1 is 1.35 bits per heavy atom. The number of halogens is 1. The maximum Gasteiger partial charge on any atom is 0.309 e. The van der Waals surface area contributed by atoms with Gasteiger partial charge in [0.25, 0.3) is 5.91 Å². The fourth-order valence-electron chi connectivity index (χ4n) is 2.78. The number of likely N-dealkylation sites (tertiary alicyclic amines) is 1. The van der Waals surface area contributed by atoms with Gasteiger partial charge in [0.2, 0.25) is 0 Å². The van der Waals surface area contributed by atoms with Crippen LogP contribution in [0.15, 0.2) is 22.7 Å². The van der Waals surface area contributed by atoms with E-state index in [1.165, 1.54) is 12.1 Å². The molecule has 2 N–H and O–H groups in total. The molecule has 0 atom stereocenters. The second-order valence-electron chi connectivity index (χ2n) is 6.29. The molecule has 7 nitrogen and oxygen atoms in total. The average Bonchev–Trinajstić information content (AvgIpc) is 3.20. The average molecular weight is 381 g/mol. The van der Waals surface area contributed by atoms with Gasteiger partial charge < -0.3 is 19.8 Å². The molecule has 0 aliphatic carbocycles. The molecule has 9 heteroatoms. The van der Waals surface area contributed by atoms with Gasteiger partial charge in [-0.3, -0.25) is 9.59 Å². The highest BCUT2D eigenvalue weighted by atomic mass is 32.1. The van der Waals surface area contributed by atoms with Gasteiger partial charge in [0.1, 0.15) is 0 Å². The molecular formula is C17H20FN3O4S. The van der Waals surface area contributed by atoms with E-state index in [0.29, 0.717) is 30.3 Å². The summed E-state index contributed by atoms with van der Waals surface area (Å²) in [5.41, 5.74) is 0.175. The number of rotatable bonds is 9. The maximum absolute atomic E-state index is 13.0. The van der Waals surface area contributed by atoms with Crippen molar-refractivity contribution in [3.8, 4) is 10.6 Å². The summed E-state index contributed by atoms with van der Waals surface area (Å²) >= 11 is 0.935. The van der Waals surface area contributed by atoms with Gasteiger partial charge in [0, 0.05) is 25.7 Å². The number of nitrogens with one attached hydrogen (secondary N) is 1. The molecule has 1 fully saturated rings. The lowest BCUT2D eigenvalue weighted by molar-refractivity contribution is -0.147. The molecule has 2 aromatic heterocycles. The molecule has 0 aromatic carbocycles. The molecule has 0 spiro atoms. The fraction of sp³-hybridized carbons (Fsp3) is 0.471. The first-order valence-electron chi connectivity index (χ1n) is 8.48. The zero-order chi connectivity index (χ0) is 18.5. The highest BCUT2D eigenvalue weighted by molar-refractivity contribution is 7.13. The third-order valence-corrected chi connectivity index (χ3v) is 5.19. The van der Waals surface area contributed by atoms with Gasteiger partial charge in [0.05, 0.1) is 10.8 Å². The van der Waals surface area contributed by atoms with Crippen molar-refractivity contribution in [2.75, 3.05) is 26.2 Å². The zero-order valence-corrected chi connectivity index (χ0v) is 14.9. The largest absolute Gasteiger partial charge is 0.481 e. The first-order chi connectivity index (χ1) is 12.5. The highest BCUT2D eigenvalue weighted by Gasteiger charge is 2.31. The Morgan fingerprint density at radius 3 is 2.85 bits per heavy atom. The van der Waals surface area contributed by atoms with Gasteiger partial charge in [-0.1, -0.05) is 11.6 Å². The summed E-state index contributed by atoms with van der Waals surface area (Å²) in [6.07, 6.45) is 2.76. The maximum atomic E-state index is 13.0. The van der Waals surface area contributed by atoms with Crippen LogP contribution in [0.1, 0.15) is 29.8 Å². The summed E-state index contributed by atoms with van der Waals surface area (Å²) in [6.45, 7) is 2.69. The van der Waals surface area contributed by atoms with E-state index >= 15 is 0 Å². The molecule has 1 amide bonds. The van der Waals surface area contributed by atoms with E-state index in [2.05, 4.69) is 15.4 Å². The number of carbonyl (C=O) groups excluding carboxylic acids is 1. The lowest BCUT2D eigenvalue weighted by Crippen LogP contribution is -2.50. The number of thiophene rings is 1. The van der Waals surface area contributed by atoms with Gasteiger partial charge in [-0.25, -0.2) is 0 Å². The molecule has 3 rings (SSSR count). The fourth-order valence-corrected chi connectivity index (χ4v) is 3.46. The van der Waals surface area contributed by atoms with E-state index < -0.39 is 5.97 Å². The molecule has 2 aromatic rings. The number of carbonyl (C=O) groups is 2. The van der Waals surface area contributed by atoms with Crippen LogP contribution in [0, 0.1) is 11.0 Å². The molecule has 0 bridgehead atoms. The van der Waals surface area contributed by atoms with Gasteiger partial charge in [-0.05, 0) is 31.5 Å². The third-order valence-electron chi connectivity index (χ3n) is 4.30. The summed E-state index contributed by atoms with van der Waals surface area (Å²) in [6, 6.07) is 4.42. The first kappa shape index (κ1) is 18.5. The van der Waals surface area contributed by atoms with Crippen LogP contribution in [0.2, 0.25) is 0 Å². The number of amides is 1. The van der Waals surface area contributed by atoms with Crippen molar-refractivity contribution < 1.29 is 23.6 Å². The summed E-state index contributed by atoms with van der Waals surface area (Å²) in [5.74, 6) is -0.876. The Morgan fingerprint density at radius 2 is 2.15 bits per heavy atom. The van der Waals surface area contributed by atoms with Crippen molar-refractivity contribution in [3.05, 3.63) is 29.0 Å². The van der Waals surface area contributed by atoms with Crippen LogP contribution in [0.25, 0.3) is 10.6 Å². The molecule has 1 saturated heterocycles.